The van der Waals surface area contributed by atoms with Crippen molar-refractivity contribution < 1.29 is 9.59 Å². The van der Waals surface area contributed by atoms with E-state index in [0.717, 1.165) is 0 Å². The van der Waals surface area contributed by atoms with Gasteiger partial charge in [0.15, 0.2) is 0 Å². The standard InChI is InChI=1S/C5H6O2.CH2/c6-4-1-2-5(7)3-4;/h1-3H2;1H2. The van der Waals surface area contributed by atoms with Crippen LogP contribution in [0, 0.1) is 7.43 Å². The second kappa shape index (κ2) is 2.60. The van der Waals surface area contributed by atoms with Gasteiger partial charge < -0.3 is 0 Å². The Bertz CT molecular complexity index is 102. The van der Waals surface area contributed by atoms with Crippen molar-refractivity contribution in [2.45, 2.75) is 19.3 Å². The quantitative estimate of drug-likeness (QED) is 0.431. The zero-order chi connectivity index (χ0) is 5.28. The van der Waals surface area contributed by atoms with E-state index in [0.29, 0.717) is 12.8 Å². The summed E-state index contributed by atoms with van der Waals surface area (Å²) < 4.78 is 0. The molecule has 0 aromatic carbocycles. The van der Waals surface area contributed by atoms with Crippen molar-refractivity contribution in [2.24, 2.45) is 0 Å². The molecule has 0 heterocycles. The first kappa shape index (κ1) is 7.34. The Morgan fingerprint density at radius 3 is 1.50 bits per heavy atom. The van der Waals surface area contributed by atoms with Crippen molar-refractivity contribution in [3.63, 3.8) is 0 Å². The molecular formula is C6H8O2. The predicted molar refractivity (Wildman–Crippen MR) is 29.2 cm³/mol. The number of ketones is 2. The van der Waals surface area contributed by atoms with Crippen molar-refractivity contribution in [1.82, 2.24) is 0 Å². The normalized spacial score (nSPS) is 18.5. The van der Waals surface area contributed by atoms with Gasteiger partial charge in [-0.3, -0.25) is 9.59 Å². The maximum Gasteiger partial charge on any atom is 0.140 e. The van der Waals surface area contributed by atoms with Crippen LogP contribution in [0.3, 0.4) is 0 Å². The highest BCUT2D eigenvalue weighted by Gasteiger charge is 2.17. The van der Waals surface area contributed by atoms with Gasteiger partial charge in [-0.2, -0.15) is 0 Å². The maximum atomic E-state index is 10.2. The minimum absolute atomic E-state index is 0. The van der Waals surface area contributed by atoms with Gasteiger partial charge in [-0.05, 0) is 0 Å². The van der Waals surface area contributed by atoms with Gasteiger partial charge in [-0.1, -0.05) is 7.43 Å². The van der Waals surface area contributed by atoms with Crippen LogP contribution in [-0.2, 0) is 9.59 Å². The summed E-state index contributed by atoms with van der Waals surface area (Å²) in [7, 11) is 0. The van der Waals surface area contributed by atoms with Crippen LogP contribution in [0.1, 0.15) is 19.3 Å². The Balaban J connectivity index is 0.000000490. The molecule has 0 saturated heterocycles. The van der Waals surface area contributed by atoms with E-state index in [1.807, 2.05) is 0 Å². The zero-order valence-electron chi connectivity index (χ0n) is 4.64. The van der Waals surface area contributed by atoms with E-state index in [9.17, 15) is 9.59 Å². The lowest BCUT2D eigenvalue weighted by Gasteiger charge is -1.71. The van der Waals surface area contributed by atoms with Gasteiger partial charge in [0, 0.05) is 12.8 Å². The molecule has 0 atom stereocenters. The molecule has 1 saturated carbocycles. The highest BCUT2D eigenvalue weighted by Crippen LogP contribution is 2.07. The van der Waals surface area contributed by atoms with Crippen LogP contribution in [-0.4, -0.2) is 11.6 Å². The number of rotatable bonds is 0. The van der Waals surface area contributed by atoms with Gasteiger partial charge in [0.1, 0.15) is 11.6 Å². The fraction of sp³-hybridized carbons (Fsp3) is 0.500. The molecular weight excluding hydrogens is 104 g/mol. The Hall–Kier alpha value is -0.660. The van der Waals surface area contributed by atoms with Crippen LogP contribution in [0.15, 0.2) is 0 Å². The third kappa shape index (κ3) is 1.45. The molecule has 1 rings (SSSR count). The van der Waals surface area contributed by atoms with Crippen molar-refractivity contribution >= 4 is 11.6 Å². The molecule has 0 spiro atoms. The molecule has 2 nitrogen and oxygen atoms in total. The Kier molecular flexibility index (Phi) is 2.38. The SMILES string of the molecule is O=C1CCC(=O)C1.[CH2]. The molecule has 0 unspecified atom stereocenters. The van der Waals surface area contributed by atoms with Crippen molar-refractivity contribution in [1.29, 1.82) is 0 Å². The van der Waals surface area contributed by atoms with Gasteiger partial charge in [-0.25, -0.2) is 0 Å². The second-order valence-electron chi connectivity index (χ2n) is 1.75. The predicted octanol–water partition coefficient (Wildman–Crippen LogP) is 0.636. The second-order valence-corrected chi connectivity index (χ2v) is 1.75. The average molecular weight is 112 g/mol. The lowest BCUT2D eigenvalue weighted by molar-refractivity contribution is -0.121. The molecule has 1 aliphatic carbocycles. The van der Waals surface area contributed by atoms with E-state index >= 15 is 0 Å². The van der Waals surface area contributed by atoms with Gasteiger partial charge >= 0.3 is 0 Å². The summed E-state index contributed by atoms with van der Waals surface area (Å²) in [4.78, 5) is 20.5. The van der Waals surface area contributed by atoms with Gasteiger partial charge in [0.2, 0.25) is 0 Å². The van der Waals surface area contributed by atoms with E-state index < -0.39 is 0 Å². The van der Waals surface area contributed by atoms with Gasteiger partial charge in [0.05, 0.1) is 6.42 Å². The lowest BCUT2D eigenvalue weighted by Crippen LogP contribution is -1.88. The maximum absolute atomic E-state index is 10.2. The van der Waals surface area contributed by atoms with Crippen LogP contribution in [0.4, 0.5) is 0 Å². The molecule has 44 valence electrons. The number of carbonyl (C=O) groups is 2. The molecule has 0 N–H and O–H groups in total. The van der Waals surface area contributed by atoms with E-state index in [-0.39, 0.29) is 25.4 Å². The van der Waals surface area contributed by atoms with Crippen LogP contribution < -0.4 is 0 Å². The highest BCUT2D eigenvalue weighted by molar-refractivity contribution is 6.05. The fourth-order valence-electron chi connectivity index (χ4n) is 0.676. The third-order valence-corrected chi connectivity index (χ3v) is 1.08. The van der Waals surface area contributed by atoms with Gasteiger partial charge in [-0.15, -0.1) is 0 Å². The molecule has 1 aliphatic rings. The Morgan fingerprint density at radius 1 is 1.00 bits per heavy atom. The molecule has 0 aliphatic heterocycles. The smallest absolute Gasteiger partial charge is 0.140 e. The molecule has 1 fully saturated rings. The van der Waals surface area contributed by atoms with E-state index in [1.54, 1.807) is 0 Å². The first-order valence-corrected chi connectivity index (χ1v) is 2.32. The molecule has 0 amide bonds. The largest absolute Gasteiger partial charge is 0.299 e. The summed E-state index contributed by atoms with van der Waals surface area (Å²) in [6.45, 7) is 0. The third-order valence-electron chi connectivity index (χ3n) is 1.08. The summed E-state index contributed by atoms with van der Waals surface area (Å²) >= 11 is 0. The van der Waals surface area contributed by atoms with E-state index in [2.05, 4.69) is 0 Å². The van der Waals surface area contributed by atoms with Gasteiger partial charge in [0.25, 0.3) is 0 Å². The number of Topliss-reactive ketones (excluding diaryl/α,β-unsaturated/α-hetero) is 2. The van der Waals surface area contributed by atoms with Crippen molar-refractivity contribution in [3.8, 4) is 0 Å². The van der Waals surface area contributed by atoms with Crippen LogP contribution in [0.2, 0.25) is 0 Å². The fourth-order valence-corrected chi connectivity index (χ4v) is 0.676. The molecule has 8 heavy (non-hydrogen) atoms. The summed E-state index contributed by atoms with van der Waals surface area (Å²) in [5, 5.41) is 0. The number of hydrogen-bond donors (Lipinski definition) is 0. The Labute approximate surface area is 48.9 Å². The monoisotopic (exact) mass is 112 g/mol. The minimum atomic E-state index is 0. The zero-order valence-corrected chi connectivity index (χ0v) is 4.64. The molecule has 0 aromatic rings. The Morgan fingerprint density at radius 2 is 1.38 bits per heavy atom. The van der Waals surface area contributed by atoms with Crippen LogP contribution in [0.5, 0.6) is 0 Å². The topological polar surface area (TPSA) is 34.1 Å². The number of carbonyl (C=O) groups excluding carboxylic acids is 2. The summed E-state index contributed by atoms with van der Waals surface area (Å²) in [5.74, 6) is 0.204. The van der Waals surface area contributed by atoms with Crippen LogP contribution in [0.25, 0.3) is 0 Å². The van der Waals surface area contributed by atoms with Crippen molar-refractivity contribution in [3.05, 3.63) is 7.43 Å². The summed E-state index contributed by atoms with van der Waals surface area (Å²) in [6, 6.07) is 0. The molecule has 2 radical (unpaired) electrons. The van der Waals surface area contributed by atoms with Crippen molar-refractivity contribution in [2.75, 3.05) is 0 Å². The lowest BCUT2D eigenvalue weighted by atomic mass is 10.3. The molecule has 2 heteroatoms. The van der Waals surface area contributed by atoms with E-state index in [1.165, 1.54) is 0 Å². The molecule has 0 bridgehead atoms. The van der Waals surface area contributed by atoms with Crippen LogP contribution >= 0.6 is 0 Å². The number of hydrogen-bond acceptors (Lipinski definition) is 2. The summed E-state index contributed by atoms with van der Waals surface area (Å²) in [5.41, 5.74) is 0. The first-order valence-electron chi connectivity index (χ1n) is 2.32. The average Bonchev–Trinajstić information content (AvgIpc) is 1.87. The first-order chi connectivity index (χ1) is 3.29. The summed E-state index contributed by atoms with van der Waals surface area (Å²) in [6.07, 6.45) is 1.16. The molecule has 0 aromatic heterocycles. The van der Waals surface area contributed by atoms with E-state index in [4.69, 9.17) is 0 Å². The minimum Gasteiger partial charge on any atom is -0.299 e. The highest BCUT2D eigenvalue weighted by atomic mass is 16.2.